The molecule has 0 amide bonds. The van der Waals surface area contributed by atoms with Crippen molar-refractivity contribution in [2.24, 2.45) is 0 Å². The first-order chi connectivity index (χ1) is 19.9. The molecule has 0 radical (unpaired) electrons. The van der Waals surface area contributed by atoms with Crippen molar-refractivity contribution < 1.29 is 69.0 Å². The van der Waals surface area contributed by atoms with Crippen LogP contribution >= 0.6 is 0 Å². The second-order valence-corrected chi connectivity index (χ2v) is 9.96. The molecule has 15 heteroatoms. The fraction of sp³-hybridized carbons (Fsp3) is 0.444. The van der Waals surface area contributed by atoms with E-state index in [0.717, 1.165) is 6.07 Å². The SMILES string of the molecule is COc1c(-c2ccc(O)c(O[C@@H]3OC[C@H](O)[C@H](O)[C@@H]3O)c2)oc2cc(O[C@@H]3O[C@@H](C)[C@H](O)[C@H](O)[C@H]3O)cc(O)c2c1=O. The fourth-order valence-electron chi connectivity index (χ4n) is 4.70. The van der Waals surface area contributed by atoms with E-state index in [1.807, 2.05) is 0 Å². The summed E-state index contributed by atoms with van der Waals surface area (Å²) in [6.07, 6.45) is -12.9. The van der Waals surface area contributed by atoms with Gasteiger partial charge in [0.2, 0.25) is 23.8 Å². The zero-order chi connectivity index (χ0) is 30.5. The zero-order valence-electron chi connectivity index (χ0n) is 22.2. The van der Waals surface area contributed by atoms with Crippen LogP contribution in [-0.4, -0.2) is 110 Å². The Bertz CT molecular complexity index is 1510. The van der Waals surface area contributed by atoms with Gasteiger partial charge in [-0.25, -0.2) is 0 Å². The number of fused-ring (bicyclic) bond motifs is 1. The van der Waals surface area contributed by atoms with Crippen molar-refractivity contribution in [3.8, 4) is 40.1 Å². The van der Waals surface area contributed by atoms with Crippen LogP contribution < -0.4 is 19.6 Å². The monoisotopic (exact) mass is 594 g/mol. The van der Waals surface area contributed by atoms with Crippen LogP contribution in [0.2, 0.25) is 0 Å². The molecule has 8 N–H and O–H groups in total. The van der Waals surface area contributed by atoms with Crippen molar-refractivity contribution in [1.29, 1.82) is 0 Å². The number of ether oxygens (including phenoxy) is 5. The molecule has 0 aliphatic carbocycles. The van der Waals surface area contributed by atoms with Gasteiger partial charge in [-0.05, 0) is 25.1 Å². The van der Waals surface area contributed by atoms with E-state index in [1.54, 1.807) is 0 Å². The molecule has 0 unspecified atom stereocenters. The number of hydrogen-bond donors (Lipinski definition) is 8. The number of methoxy groups -OCH3 is 1. The number of benzene rings is 2. The zero-order valence-corrected chi connectivity index (χ0v) is 22.2. The van der Waals surface area contributed by atoms with Crippen molar-refractivity contribution in [2.45, 2.75) is 62.2 Å². The highest BCUT2D eigenvalue weighted by Crippen LogP contribution is 2.40. The lowest BCUT2D eigenvalue weighted by atomic mass is 10.00. The average Bonchev–Trinajstić information content (AvgIpc) is 2.95. The first-order valence-electron chi connectivity index (χ1n) is 12.8. The van der Waals surface area contributed by atoms with E-state index in [0.29, 0.717) is 0 Å². The van der Waals surface area contributed by atoms with Crippen LogP contribution in [0.3, 0.4) is 0 Å². The first kappa shape index (κ1) is 29.8. The van der Waals surface area contributed by atoms with Gasteiger partial charge in [0.25, 0.3) is 0 Å². The van der Waals surface area contributed by atoms with Gasteiger partial charge in [0.05, 0.1) is 19.8 Å². The predicted molar refractivity (Wildman–Crippen MR) is 139 cm³/mol. The summed E-state index contributed by atoms with van der Waals surface area (Å²) in [4.78, 5) is 13.3. The number of aliphatic hydroxyl groups is 6. The summed E-state index contributed by atoms with van der Waals surface area (Å²) < 4.78 is 33.0. The summed E-state index contributed by atoms with van der Waals surface area (Å²) in [5, 5.41) is 80.8. The van der Waals surface area contributed by atoms with Crippen LogP contribution in [0.4, 0.5) is 0 Å². The Morgan fingerprint density at radius 1 is 0.833 bits per heavy atom. The van der Waals surface area contributed by atoms with Gasteiger partial charge in [0.15, 0.2) is 17.3 Å². The number of aromatic hydroxyl groups is 2. The summed E-state index contributed by atoms with van der Waals surface area (Å²) in [5.41, 5.74) is -0.798. The van der Waals surface area contributed by atoms with Gasteiger partial charge in [0.1, 0.15) is 59.1 Å². The lowest BCUT2D eigenvalue weighted by Crippen LogP contribution is -2.58. The lowest BCUT2D eigenvalue weighted by Gasteiger charge is -2.38. The minimum Gasteiger partial charge on any atom is -0.507 e. The molecule has 9 atom stereocenters. The molecule has 0 saturated carbocycles. The van der Waals surface area contributed by atoms with Crippen molar-refractivity contribution in [2.75, 3.05) is 13.7 Å². The van der Waals surface area contributed by atoms with E-state index in [4.69, 9.17) is 28.1 Å². The molecule has 228 valence electrons. The highest BCUT2D eigenvalue weighted by Gasteiger charge is 2.43. The molecule has 3 heterocycles. The molecule has 1 aromatic heterocycles. The van der Waals surface area contributed by atoms with E-state index in [-0.39, 0.29) is 46.1 Å². The normalized spacial score (nSPS) is 31.6. The Morgan fingerprint density at radius 2 is 1.55 bits per heavy atom. The maximum Gasteiger partial charge on any atom is 0.239 e. The average molecular weight is 595 g/mol. The quantitative estimate of drug-likeness (QED) is 0.169. The molecule has 15 nitrogen and oxygen atoms in total. The smallest absolute Gasteiger partial charge is 0.239 e. The Balaban J connectivity index is 1.52. The van der Waals surface area contributed by atoms with E-state index in [1.165, 1.54) is 38.3 Å². The summed E-state index contributed by atoms with van der Waals surface area (Å²) in [6, 6.07) is 6.12. The summed E-state index contributed by atoms with van der Waals surface area (Å²) >= 11 is 0. The van der Waals surface area contributed by atoms with Gasteiger partial charge in [0, 0.05) is 17.7 Å². The van der Waals surface area contributed by atoms with E-state index in [9.17, 15) is 45.6 Å². The molecule has 2 fully saturated rings. The summed E-state index contributed by atoms with van der Waals surface area (Å²) in [7, 11) is 1.20. The Morgan fingerprint density at radius 3 is 2.26 bits per heavy atom. The fourth-order valence-corrected chi connectivity index (χ4v) is 4.70. The van der Waals surface area contributed by atoms with Gasteiger partial charge < -0.3 is 69.0 Å². The van der Waals surface area contributed by atoms with Gasteiger partial charge in [-0.2, -0.15) is 0 Å². The molecule has 0 bridgehead atoms. The molecule has 2 saturated heterocycles. The molecule has 0 spiro atoms. The molecule has 2 aliphatic rings. The van der Waals surface area contributed by atoms with Crippen LogP contribution in [0.1, 0.15) is 6.92 Å². The largest absolute Gasteiger partial charge is 0.507 e. The molecule has 42 heavy (non-hydrogen) atoms. The standard InChI is InChI=1S/C27H30O15/c1-9-18(31)21(34)23(36)27(39-9)40-11-6-13(29)17-16(7-11)41-24(25(37-2)20(17)33)10-3-4-12(28)15(5-10)42-26-22(35)19(32)14(30)8-38-26/h3-7,9,14,18-19,21-23,26-32,34-36H,8H2,1-2H3/t9-,14-,18-,19-,21-,22-,23+,26-,27-/m0/s1. The third-order valence-corrected chi connectivity index (χ3v) is 7.09. The minimum atomic E-state index is -1.65. The van der Waals surface area contributed by atoms with E-state index >= 15 is 0 Å². The lowest BCUT2D eigenvalue weighted by molar-refractivity contribution is -0.268. The molecule has 5 rings (SSSR count). The van der Waals surface area contributed by atoms with Crippen LogP contribution in [0.15, 0.2) is 39.5 Å². The molecule has 2 aliphatic heterocycles. The topological polar surface area (TPSA) is 238 Å². The molecular weight excluding hydrogens is 564 g/mol. The molecule has 3 aromatic rings. The van der Waals surface area contributed by atoms with Crippen molar-refractivity contribution in [1.82, 2.24) is 0 Å². The minimum absolute atomic E-state index is 0.113. The van der Waals surface area contributed by atoms with Gasteiger partial charge >= 0.3 is 0 Å². The maximum atomic E-state index is 13.3. The summed E-state index contributed by atoms with van der Waals surface area (Å²) in [6.45, 7) is 1.12. The van der Waals surface area contributed by atoms with Gasteiger partial charge in [-0.1, -0.05) is 0 Å². The van der Waals surface area contributed by atoms with E-state index in [2.05, 4.69) is 0 Å². The number of hydrogen-bond acceptors (Lipinski definition) is 15. The van der Waals surface area contributed by atoms with Crippen LogP contribution in [0.25, 0.3) is 22.3 Å². The van der Waals surface area contributed by atoms with Gasteiger partial charge in [-0.15, -0.1) is 0 Å². The van der Waals surface area contributed by atoms with Crippen LogP contribution in [0, 0.1) is 0 Å². The highest BCUT2D eigenvalue weighted by atomic mass is 16.7. The number of rotatable bonds is 6. The summed E-state index contributed by atoms with van der Waals surface area (Å²) in [5.74, 6) is -1.76. The Kier molecular flexibility index (Phi) is 8.19. The highest BCUT2D eigenvalue weighted by molar-refractivity contribution is 5.88. The molecular formula is C27H30O15. The van der Waals surface area contributed by atoms with Crippen molar-refractivity contribution in [3.63, 3.8) is 0 Å². The Labute approximate surface area is 236 Å². The van der Waals surface area contributed by atoms with Crippen molar-refractivity contribution in [3.05, 3.63) is 40.6 Å². The molecule has 2 aromatic carbocycles. The van der Waals surface area contributed by atoms with E-state index < -0.39 is 72.2 Å². The predicted octanol–water partition coefficient (Wildman–Crippen LogP) is -1.10. The second kappa shape index (κ2) is 11.5. The first-order valence-corrected chi connectivity index (χ1v) is 12.8. The number of phenols is 2. The number of aliphatic hydroxyl groups excluding tert-OH is 6. The number of phenolic OH excluding ortho intramolecular Hbond substituents is 2. The maximum absolute atomic E-state index is 13.3. The van der Waals surface area contributed by atoms with Crippen LogP contribution in [0.5, 0.6) is 28.7 Å². The van der Waals surface area contributed by atoms with Crippen LogP contribution in [-0.2, 0) is 9.47 Å². The third kappa shape index (κ3) is 5.32. The second-order valence-electron chi connectivity index (χ2n) is 9.96. The third-order valence-electron chi connectivity index (χ3n) is 7.09. The van der Waals surface area contributed by atoms with Gasteiger partial charge in [-0.3, -0.25) is 4.79 Å². The Hall–Kier alpha value is -3.67. The van der Waals surface area contributed by atoms with Crippen molar-refractivity contribution >= 4 is 11.0 Å².